The molecule has 0 fully saturated rings. The van der Waals surface area contributed by atoms with Crippen molar-refractivity contribution >= 4 is 23.2 Å². The van der Waals surface area contributed by atoms with E-state index >= 15 is 0 Å². The average molecular weight is 298 g/mol. The number of methoxy groups -OCH3 is 2. The maximum absolute atomic E-state index is 5.44. The van der Waals surface area contributed by atoms with E-state index in [-0.39, 0.29) is 0 Å². The summed E-state index contributed by atoms with van der Waals surface area (Å²) in [5, 5.41) is 0. The molecule has 2 aromatic carbocycles. The van der Waals surface area contributed by atoms with Gasteiger partial charge in [0.05, 0.1) is 19.8 Å². The van der Waals surface area contributed by atoms with Crippen LogP contribution in [0.3, 0.4) is 0 Å². The van der Waals surface area contributed by atoms with Gasteiger partial charge in [0.1, 0.15) is 11.5 Å². The minimum absolute atomic E-state index is 0.777. The number of allylic oxidation sites excluding steroid dienone is 1. The monoisotopic (exact) mass is 298 g/mol. The van der Waals surface area contributed by atoms with Gasteiger partial charge < -0.3 is 9.47 Å². The predicted molar refractivity (Wildman–Crippen MR) is 91.5 cm³/mol. The Morgan fingerprint density at radius 1 is 1.00 bits per heavy atom. The molecule has 0 saturated heterocycles. The van der Waals surface area contributed by atoms with Gasteiger partial charge in [-0.25, -0.2) is 0 Å². The summed E-state index contributed by atoms with van der Waals surface area (Å²) in [6.45, 7) is 2.01. The van der Waals surface area contributed by atoms with Crippen molar-refractivity contribution in [2.45, 2.75) is 6.92 Å². The molecule has 0 saturated carbocycles. The minimum Gasteiger partial charge on any atom is -0.496 e. The number of ether oxygens (including phenoxy) is 2. The fourth-order valence-electron chi connectivity index (χ4n) is 2.09. The van der Waals surface area contributed by atoms with E-state index in [9.17, 15) is 0 Å². The quantitative estimate of drug-likeness (QED) is 0.462. The Bertz CT molecular complexity index is 635. The normalized spacial score (nSPS) is 10.6. The van der Waals surface area contributed by atoms with Crippen LogP contribution in [0.15, 0.2) is 48.5 Å². The van der Waals surface area contributed by atoms with Crippen molar-refractivity contribution in [3.8, 4) is 11.5 Å². The van der Waals surface area contributed by atoms with E-state index in [4.69, 9.17) is 21.7 Å². The van der Waals surface area contributed by atoms with Crippen LogP contribution >= 0.6 is 12.2 Å². The molecule has 3 heteroatoms. The molecule has 0 N–H and O–H groups in total. The van der Waals surface area contributed by atoms with Gasteiger partial charge in [-0.15, -0.1) is 0 Å². The number of hydrogen-bond donors (Lipinski definition) is 0. The SMILES string of the molecule is COc1cc(C)cc(OC)c1C=CC(=S)c1ccccc1. The van der Waals surface area contributed by atoms with Crippen molar-refractivity contribution in [1.29, 1.82) is 0 Å². The highest BCUT2D eigenvalue weighted by molar-refractivity contribution is 7.81. The molecule has 0 radical (unpaired) electrons. The highest BCUT2D eigenvalue weighted by Gasteiger charge is 2.08. The van der Waals surface area contributed by atoms with E-state index in [1.807, 2.05) is 61.5 Å². The predicted octanol–water partition coefficient (Wildman–Crippen LogP) is 4.44. The van der Waals surface area contributed by atoms with E-state index in [1.54, 1.807) is 14.2 Å². The number of thiocarbonyl (C=S) groups is 1. The molecular weight excluding hydrogens is 280 g/mol. The zero-order valence-electron chi connectivity index (χ0n) is 12.4. The van der Waals surface area contributed by atoms with Crippen LogP contribution in [0.4, 0.5) is 0 Å². The number of aryl methyl sites for hydroxylation is 1. The largest absolute Gasteiger partial charge is 0.496 e. The molecule has 21 heavy (non-hydrogen) atoms. The lowest BCUT2D eigenvalue weighted by Crippen LogP contribution is -1.95. The standard InChI is InChI=1S/C18H18O2S/c1-13-11-16(19-2)15(17(12-13)20-3)9-10-18(21)14-7-5-4-6-8-14/h4-12H,1-3H3. The molecule has 0 heterocycles. The average Bonchev–Trinajstić information content (AvgIpc) is 2.53. The second-order valence-corrected chi connectivity index (χ2v) is 5.09. The van der Waals surface area contributed by atoms with E-state index < -0.39 is 0 Å². The molecular formula is C18H18O2S. The first-order valence-corrected chi connectivity index (χ1v) is 7.06. The fourth-order valence-corrected chi connectivity index (χ4v) is 2.30. The Balaban J connectivity index is 2.34. The second kappa shape index (κ2) is 7.04. The summed E-state index contributed by atoms with van der Waals surface area (Å²) < 4.78 is 10.9. The zero-order valence-corrected chi connectivity index (χ0v) is 13.2. The van der Waals surface area contributed by atoms with Crippen LogP contribution in [0.1, 0.15) is 16.7 Å². The Labute approximate surface area is 131 Å². The van der Waals surface area contributed by atoms with Gasteiger partial charge in [0, 0.05) is 4.86 Å². The fraction of sp³-hybridized carbons (Fsp3) is 0.167. The zero-order chi connectivity index (χ0) is 15.2. The molecule has 0 aromatic heterocycles. The van der Waals surface area contributed by atoms with Crippen molar-refractivity contribution in [1.82, 2.24) is 0 Å². The van der Waals surface area contributed by atoms with Gasteiger partial charge in [-0.1, -0.05) is 42.5 Å². The highest BCUT2D eigenvalue weighted by Crippen LogP contribution is 2.31. The third kappa shape index (κ3) is 3.70. The lowest BCUT2D eigenvalue weighted by molar-refractivity contribution is 0.392. The molecule has 0 spiro atoms. The molecule has 0 amide bonds. The van der Waals surface area contributed by atoms with Crippen LogP contribution in [0.2, 0.25) is 0 Å². The Kier molecular flexibility index (Phi) is 5.12. The molecule has 108 valence electrons. The third-order valence-electron chi connectivity index (χ3n) is 3.15. The summed E-state index contributed by atoms with van der Waals surface area (Å²) >= 11 is 5.44. The summed E-state index contributed by atoms with van der Waals surface area (Å²) in [5.41, 5.74) is 3.00. The summed E-state index contributed by atoms with van der Waals surface area (Å²) in [7, 11) is 3.31. The van der Waals surface area contributed by atoms with Gasteiger partial charge in [-0.05, 0) is 42.3 Å². The molecule has 0 unspecified atom stereocenters. The van der Waals surface area contributed by atoms with Gasteiger partial charge in [-0.2, -0.15) is 0 Å². The first kappa shape index (κ1) is 15.3. The van der Waals surface area contributed by atoms with Crippen molar-refractivity contribution in [2.75, 3.05) is 14.2 Å². The lowest BCUT2D eigenvalue weighted by Gasteiger charge is -2.11. The van der Waals surface area contributed by atoms with Crippen LogP contribution in [0.5, 0.6) is 11.5 Å². The first-order valence-electron chi connectivity index (χ1n) is 6.65. The summed E-state index contributed by atoms with van der Waals surface area (Å²) in [6, 6.07) is 13.9. The van der Waals surface area contributed by atoms with Crippen molar-refractivity contribution in [3.63, 3.8) is 0 Å². The van der Waals surface area contributed by atoms with Gasteiger partial charge in [0.25, 0.3) is 0 Å². The van der Waals surface area contributed by atoms with E-state index in [0.717, 1.165) is 33.1 Å². The number of hydrogen-bond acceptors (Lipinski definition) is 3. The Hall–Kier alpha value is -2.13. The first-order chi connectivity index (χ1) is 10.2. The third-order valence-corrected chi connectivity index (χ3v) is 3.52. The topological polar surface area (TPSA) is 18.5 Å². The summed E-state index contributed by atoms with van der Waals surface area (Å²) in [5.74, 6) is 1.55. The molecule has 2 nitrogen and oxygen atoms in total. The molecule has 0 aliphatic carbocycles. The molecule has 0 bridgehead atoms. The van der Waals surface area contributed by atoms with Gasteiger partial charge in [0.15, 0.2) is 0 Å². The molecule has 0 aliphatic heterocycles. The summed E-state index contributed by atoms with van der Waals surface area (Å²) in [4.78, 5) is 0.778. The second-order valence-electron chi connectivity index (χ2n) is 4.65. The van der Waals surface area contributed by atoms with Crippen LogP contribution in [-0.2, 0) is 0 Å². The van der Waals surface area contributed by atoms with Crippen molar-refractivity contribution in [2.24, 2.45) is 0 Å². The highest BCUT2D eigenvalue weighted by atomic mass is 32.1. The molecule has 0 aliphatic rings. The maximum atomic E-state index is 5.44. The molecule has 2 aromatic rings. The van der Waals surface area contributed by atoms with Crippen LogP contribution < -0.4 is 9.47 Å². The molecule has 0 atom stereocenters. The lowest BCUT2D eigenvalue weighted by atomic mass is 10.1. The van der Waals surface area contributed by atoms with E-state index in [2.05, 4.69) is 0 Å². The van der Waals surface area contributed by atoms with Crippen LogP contribution in [0, 0.1) is 6.92 Å². The number of benzene rings is 2. The maximum Gasteiger partial charge on any atom is 0.130 e. The van der Waals surface area contributed by atoms with Crippen LogP contribution in [-0.4, -0.2) is 19.1 Å². The van der Waals surface area contributed by atoms with E-state index in [0.29, 0.717) is 0 Å². The van der Waals surface area contributed by atoms with Crippen molar-refractivity contribution < 1.29 is 9.47 Å². The Morgan fingerprint density at radius 2 is 1.57 bits per heavy atom. The van der Waals surface area contributed by atoms with E-state index in [1.165, 1.54) is 0 Å². The van der Waals surface area contributed by atoms with Gasteiger partial charge >= 0.3 is 0 Å². The van der Waals surface area contributed by atoms with Gasteiger partial charge in [0.2, 0.25) is 0 Å². The van der Waals surface area contributed by atoms with Gasteiger partial charge in [-0.3, -0.25) is 0 Å². The summed E-state index contributed by atoms with van der Waals surface area (Å²) in [6.07, 6.45) is 3.84. The smallest absolute Gasteiger partial charge is 0.130 e. The minimum atomic E-state index is 0.777. The Morgan fingerprint density at radius 3 is 2.10 bits per heavy atom. The van der Waals surface area contributed by atoms with Crippen LogP contribution in [0.25, 0.3) is 6.08 Å². The molecule has 2 rings (SSSR count). The number of rotatable bonds is 5. The van der Waals surface area contributed by atoms with Crippen molar-refractivity contribution in [3.05, 3.63) is 65.2 Å².